The molecule has 1 aliphatic rings. The zero-order valence-electron chi connectivity index (χ0n) is 12.8. The Morgan fingerprint density at radius 1 is 1.25 bits per heavy atom. The molecule has 0 amide bonds. The first kappa shape index (κ1) is 15.0. The molecule has 2 rings (SSSR count). The quantitative estimate of drug-likeness (QED) is 0.777. The van der Waals surface area contributed by atoms with Crippen molar-refractivity contribution < 1.29 is 9.47 Å². The molecule has 1 heterocycles. The SMILES string of the molecule is CCCNCC1CCN(c2ccc(OC)c(OC)c2)C1. The van der Waals surface area contributed by atoms with Crippen LogP contribution in [0.5, 0.6) is 11.5 Å². The molecule has 1 fully saturated rings. The lowest BCUT2D eigenvalue weighted by molar-refractivity contribution is 0.355. The highest BCUT2D eigenvalue weighted by molar-refractivity contribution is 5.56. The van der Waals surface area contributed by atoms with E-state index in [1.165, 1.54) is 18.5 Å². The predicted molar refractivity (Wildman–Crippen MR) is 83.0 cm³/mol. The van der Waals surface area contributed by atoms with Crippen molar-refractivity contribution in [3.05, 3.63) is 18.2 Å². The van der Waals surface area contributed by atoms with Crippen molar-refractivity contribution in [1.82, 2.24) is 5.32 Å². The Morgan fingerprint density at radius 2 is 2.05 bits per heavy atom. The van der Waals surface area contributed by atoms with Crippen LogP contribution in [0.15, 0.2) is 18.2 Å². The van der Waals surface area contributed by atoms with Gasteiger partial charge in [0.2, 0.25) is 0 Å². The van der Waals surface area contributed by atoms with Crippen LogP contribution in [0.4, 0.5) is 5.69 Å². The van der Waals surface area contributed by atoms with Crippen LogP contribution in [0.1, 0.15) is 19.8 Å². The van der Waals surface area contributed by atoms with Crippen LogP contribution in [-0.2, 0) is 0 Å². The first-order chi connectivity index (χ1) is 9.78. The predicted octanol–water partition coefficient (Wildman–Crippen LogP) is 2.53. The topological polar surface area (TPSA) is 33.7 Å². The number of benzene rings is 1. The van der Waals surface area contributed by atoms with Crippen molar-refractivity contribution in [2.24, 2.45) is 5.92 Å². The Morgan fingerprint density at radius 3 is 2.75 bits per heavy atom. The molecule has 1 aliphatic heterocycles. The minimum atomic E-state index is 0.745. The first-order valence-corrected chi connectivity index (χ1v) is 7.46. The second-order valence-electron chi connectivity index (χ2n) is 5.34. The highest BCUT2D eigenvalue weighted by atomic mass is 16.5. The van der Waals surface area contributed by atoms with E-state index >= 15 is 0 Å². The fourth-order valence-corrected chi connectivity index (χ4v) is 2.74. The minimum absolute atomic E-state index is 0.745. The van der Waals surface area contributed by atoms with Crippen molar-refractivity contribution in [1.29, 1.82) is 0 Å². The van der Waals surface area contributed by atoms with E-state index in [0.29, 0.717) is 0 Å². The van der Waals surface area contributed by atoms with Gasteiger partial charge in [-0.2, -0.15) is 0 Å². The fraction of sp³-hybridized carbons (Fsp3) is 0.625. The highest BCUT2D eigenvalue weighted by Crippen LogP contribution is 2.33. The highest BCUT2D eigenvalue weighted by Gasteiger charge is 2.23. The van der Waals surface area contributed by atoms with Gasteiger partial charge in [0.05, 0.1) is 14.2 Å². The molecule has 1 aromatic carbocycles. The molecule has 1 saturated heterocycles. The van der Waals surface area contributed by atoms with Crippen LogP contribution in [0.3, 0.4) is 0 Å². The van der Waals surface area contributed by atoms with E-state index in [1.807, 2.05) is 6.07 Å². The third kappa shape index (κ3) is 3.57. The van der Waals surface area contributed by atoms with Gasteiger partial charge < -0.3 is 19.7 Å². The third-order valence-corrected chi connectivity index (χ3v) is 3.88. The number of hydrogen-bond acceptors (Lipinski definition) is 4. The van der Waals surface area contributed by atoms with E-state index in [0.717, 1.165) is 43.6 Å². The van der Waals surface area contributed by atoms with Crippen molar-refractivity contribution in [2.45, 2.75) is 19.8 Å². The number of nitrogens with zero attached hydrogens (tertiary/aromatic N) is 1. The molecule has 1 unspecified atom stereocenters. The summed E-state index contributed by atoms with van der Waals surface area (Å²) in [4.78, 5) is 2.43. The maximum atomic E-state index is 5.38. The average molecular weight is 278 g/mol. The average Bonchev–Trinajstić information content (AvgIpc) is 2.95. The lowest BCUT2D eigenvalue weighted by Gasteiger charge is -2.20. The van der Waals surface area contributed by atoms with Crippen LogP contribution in [0, 0.1) is 5.92 Å². The fourth-order valence-electron chi connectivity index (χ4n) is 2.74. The molecule has 1 N–H and O–H groups in total. The normalized spacial score (nSPS) is 18.4. The molecule has 0 spiro atoms. The molecule has 0 saturated carbocycles. The first-order valence-electron chi connectivity index (χ1n) is 7.46. The Labute approximate surface area is 122 Å². The van der Waals surface area contributed by atoms with Crippen LogP contribution in [0.25, 0.3) is 0 Å². The van der Waals surface area contributed by atoms with Crippen LogP contribution in [0.2, 0.25) is 0 Å². The summed E-state index contributed by atoms with van der Waals surface area (Å²) in [5.74, 6) is 2.34. The molecule has 20 heavy (non-hydrogen) atoms. The summed E-state index contributed by atoms with van der Waals surface area (Å²) >= 11 is 0. The van der Waals surface area contributed by atoms with E-state index in [-0.39, 0.29) is 0 Å². The Balaban J connectivity index is 1.95. The lowest BCUT2D eigenvalue weighted by atomic mass is 10.1. The summed E-state index contributed by atoms with van der Waals surface area (Å²) in [5, 5.41) is 3.52. The van der Waals surface area contributed by atoms with Gasteiger partial charge in [-0.25, -0.2) is 0 Å². The zero-order chi connectivity index (χ0) is 14.4. The minimum Gasteiger partial charge on any atom is -0.493 e. The van der Waals surface area contributed by atoms with Crippen molar-refractivity contribution >= 4 is 5.69 Å². The summed E-state index contributed by atoms with van der Waals surface area (Å²) in [5.41, 5.74) is 1.22. The van der Waals surface area contributed by atoms with E-state index in [9.17, 15) is 0 Å². The van der Waals surface area contributed by atoms with Gasteiger partial charge in [0.15, 0.2) is 11.5 Å². The number of rotatable bonds is 7. The molecular formula is C16H26N2O2. The Hall–Kier alpha value is -1.42. The van der Waals surface area contributed by atoms with Gasteiger partial charge in [-0.15, -0.1) is 0 Å². The maximum Gasteiger partial charge on any atom is 0.162 e. The summed E-state index contributed by atoms with van der Waals surface area (Å²) in [6, 6.07) is 6.17. The second kappa shape index (κ2) is 7.39. The number of nitrogens with one attached hydrogen (secondary N) is 1. The van der Waals surface area contributed by atoms with Crippen molar-refractivity contribution in [3.8, 4) is 11.5 Å². The molecule has 1 aromatic rings. The van der Waals surface area contributed by atoms with Gasteiger partial charge in [-0.05, 0) is 44.0 Å². The third-order valence-electron chi connectivity index (χ3n) is 3.88. The molecule has 0 aliphatic carbocycles. The van der Waals surface area contributed by atoms with E-state index in [2.05, 4.69) is 29.3 Å². The molecule has 4 nitrogen and oxygen atoms in total. The van der Waals surface area contributed by atoms with Crippen LogP contribution >= 0.6 is 0 Å². The summed E-state index contributed by atoms with van der Waals surface area (Å²) in [6.45, 7) is 6.68. The smallest absolute Gasteiger partial charge is 0.162 e. The Bertz CT molecular complexity index is 423. The number of anilines is 1. The molecule has 4 heteroatoms. The van der Waals surface area contributed by atoms with Gasteiger partial charge in [0, 0.05) is 24.8 Å². The summed E-state index contributed by atoms with van der Waals surface area (Å²) in [7, 11) is 3.35. The number of ether oxygens (including phenoxy) is 2. The zero-order valence-corrected chi connectivity index (χ0v) is 12.8. The van der Waals surface area contributed by atoms with Gasteiger partial charge in [0.1, 0.15) is 0 Å². The largest absolute Gasteiger partial charge is 0.493 e. The van der Waals surface area contributed by atoms with Gasteiger partial charge in [-0.1, -0.05) is 6.92 Å². The maximum absolute atomic E-state index is 5.38. The second-order valence-corrected chi connectivity index (χ2v) is 5.34. The number of methoxy groups -OCH3 is 2. The van der Waals surface area contributed by atoms with Crippen molar-refractivity contribution in [2.75, 3.05) is 45.3 Å². The van der Waals surface area contributed by atoms with E-state index < -0.39 is 0 Å². The monoisotopic (exact) mass is 278 g/mol. The van der Waals surface area contributed by atoms with Gasteiger partial charge in [-0.3, -0.25) is 0 Å². The summed E-state index contributed by atoms with van der Waals surface area (Å²) in [6.07, 6.45) is 2.46. The van der Waals surface area contributed by atoms with Gasteiger partial charge >= 0.3 is 0 Å². The Kier molecular flexibility index (Phi) is 5.53. The molecule has 1 atom stereocenters. The van der Waals surface area contributed by atoms with Crippen LogP contribution < -0.4 is 19.7 Å². The van der Waals surface area contributed by atoms with Crippen molar-refractivity contribution in [3.63, 3.8) is 0 Å². The molecule has 112 valence electrons. The molecule has 0 radical (unpaired) electrons. The van der Waals surface area contributed by atoms with E-state index in [1.54, 1.807) is 14.2 Å². The molecule has 0 bridgehead atoms. The molecule has 0 aromatic heterocycles. The van der Waals surface area contributed by atoms with E-state index in [4.69, 9.17) is 9.47 Å². The number of hydrogen-bond donors (Lipinski definition) is 1. The molecular weight excluding hydrogens is 252 g/mol. The van der Waals surface area contributed by atoms with Gasteiger partial charge in [0.25, 0.3) is 0 Å². The standard InChI is InChI=1S/C16H26N2O2/c1-4-8-17-11-13-7-9-18(12-13)14-5-6-15(19-2)16(10-14)20-3/h5-6,10,13,17H,4,7-9,11-12H2,1-3H3. The summed E-state index contributed by atoms with van der Waals surface area (Å²) < 4.78 is 10.7. The van der Waals surface area contributed by atoms with Crippen LogP contribution in [-0.4, -0.2) is 40.4 Å². The lowest BCUT2D eigenvalue weighted by Crippen LogP contribution is -2.26.